The number of halogens is 1. The first-order chi connectivity index (χ1) is 10.2. The van der Waals surface area contributed by atoms with Crippen LogP contribution in [0.3, 0.4) is 0 Å². The zero-order valence-electron chi connectivity index (χ0n) is 13.0. The molecule has 2 heterocycles. The van der Waals surface area contributed by atoms with Crippen LogP contribution in [0.4, 0.5) is 5.82 Å². The van der Waals surface area contributed by atoms with Gasteiger partial charge < -0.3 is 10.2 Å². The maximum atomic E-state index is 4.69. The normalized spacial score (nSPS) is 21.7. The van der Waals surface area contributed by atoms with Crippen molar-refractivity contribution < 1.29 is 0 Å². The third-order valence-electron chi connectivity index (χ3n) is 5.31. The molecule has 1 saturated heterocycles. The van der Waals surface area contributed by atoms with E-state index in [-0.39, 0.29) is 0 Å². The maximum Gasteiger partial charge on any atom is 0.133 e. The van der Waals surface area contributed by atoms with Gasteiger partial charge in [-0.15, -0.1) is 0 Å². The molecule has 0 amide bonds. The Morgan fingerprint density at radius 3 is 2.57 bits per heavy atom. The van der Waals surface area contributed by atoms with E-state index in [2.05, 4.69) is 32.2 Å². The molecule has 0 bridgehead atoms. The molecule has 116 valence electrons. The van der Waals surface area contributed by atoms with Crippen LogP contribution >= 0.6 is 15.9 Å². The summed E-state index contributed by atoms with van der Waals surface area (Å²) < 4.78 is 1.07. The van der Waals surface area contributed by atoms with E-state index in [4.69, 9.17) is 4.98 Å². The number of anilines is 1. The zero-order chi connectivity index (χ0) is 14.7. The first-order valence-electron chi connectivity index (χ1n) is 8.26. The summed E-state index contributed by atoms with van der Waals surface area (Å²) in [4.78, 5) is 7.19. The standard InChI is InChI=1S/C17H26BrN3/c1-19-12-14-11-15(18)13-20-16(14)21-9-7-17(8-10-21)5-3-2-4-6-17/h11,13,19H,2-10,12H2,1H3. The summed E-state index contributed by atoms with van der Waals surface area (Å²) in [5.74, 6) is 1.18. The van der Waals surface area contributed by atoms with Crippen molar-refractivity contribution in [3.8, 4) is 0 Å². The summed E-state index contributed by atoms with van der Waals surface area (Å²) in [7, 11) is 2.00. The van der Waals surface area contributed by atoms with Crippen molar-refractivity contribution in [2.75, 3.05) is 25.0 Å². The third kappa shape index (κ3) is 3.42. The summed E-state index contributed by atoms with van der Waals surface area (Å²) in [5, 5.41) is 3.26. The van der Waals surface area contributed by atoms with Crippen molar-refractivity contribution in [2.24, 2.45) is 5.41 Å². The van der Waals surface area contributed by atoms with Crippen molar-refractivity contribution >= 4 is 21.7 Å². The smallest absolute Gasteiger partial charge is 0.133 e. The number of nitrogens with zero attached hydrogens (tertiary/aromatic N) is 2. The second-order valence-electron chi connectivity index (χ2n) is 6.71. The van der Waals surface area contributed by atoms with E-state index >= 15 is 0 Å². The minimum Gasteiger partial charge on any atom is -0.356 e. The molecule has 4 heteroatoms. The molecule has 0 aromatic carbocycles. The molecule has 1 spiro atoms. The number of hydrogen-bond donors (Lipinski definition) is 1. The van der Waals surface area contributed by atoms with Gasteiger partial charge in [-0.05, 0) is 60.1 Å². The van der Waals surface area contributed by atoms with Crippen LogP contribution in [0.25, 0.3) is 0 Å². The fourth-order valence-corrected chi connectivity index (χ4v) is 4.45. The van der Waals surface area contributed by atoms with Crippen LogP contribution in [-0.2, 0) is 6.54 Å². The Hall–Kier alpha value is -0.610. The number of aromatic nitrogens is 1. The zero-order valence-corrected chi connectivity index (χ0v) is 14.6. The van der Waals surface area contributed by atoms with Crippen molar-refractivity contribution in [1.82, 2.24) is 10.3 Å². The number of pyridine rings is 1. The summed E-state index contributed by atoms with van der Waals surface area (Å²) in [6.45, 7) is 3.22. The van der Waals surface area contributed by atoms with Gasteiger partial charge in [-0.3, -0.25) is 0 Å². The Balaban J connectivity index is 1.71. The number of piperidine rings is 1. The molecule has 1 aromatic rings. The summed E-state index contributed by atoms with van der Waals surface area (Å²) in [6, 6.07) is 2.20. The van der Waals surface area contributed by atoms with Gasteiger partial charge in [-0.25, -0.2) is 4.98 Å². The second-order valence-corrected chi connectivity index (χ2v) is 7.63. The van der Waals surface area contributed by atoms with Crippen LogP contribution in [0, 0.1) is 5.41 Å². The predicted octanol–water partition coefficient (Wildman–Crippen LogP) is 4.11. The monoisotopic (exact) mass is 351 g/mol. The first-order valence-corrected chi connectivity index (χ1v) is 9.06. The molecule has 21 heavy (non-hydrogen) atoms. The highest BCUT2D eigenvalue weighted by Gasteiger charge is 2.36. The van der Waals surface area contributed by atoms with E-state index < -0.39 is 0 Å². The molecule has 0 atom stereocenters. The van der Waals surface area contributed by atoms with Gasteiger partial charge in [0.1, 0.15) is 5.82 Å². The number of hydrogen-bond acceptors (Lipinski definition) is 3. The molecule has 1 N–H and O–H groups in total. The molecule has 2 fully saturated rings. The molecule has 0 radical (unpaired) electrons. The Kier molecular flexibility index (Phi) is 4.85. The molecule has 0 unspecified atom stereocenters. The van der Waals surface area contributed by atoms with Crippen LogP contribution in [0.1, 0.15) is 50.5 Å². The summed E-state index contributed by atoms with van der Waals surface area (Å²) >= 11 is 3.54. The molecule has 1 aromatic heterocycles. The van der Waals surface area contributed by atoms with Crippen LogP contribution in [0.5, 0.6) is 0 Å². The molecule has 1 aliphatic carbocycles. The number of rotatable bonds is 3. The van der Waals surface area contributed by atoms with Crippen molar-refractivity contribution in [1.29, 1.82) is 0 Å². The molecular weight excluding hydrogens is 326 g/mol. The molecule has 3 nitrogen and oxygen atoms in total. The van der Waals surface area contributed by atoms with Gasteiger partial charge in [0.2, 0.25) is 0 Å². The van der Waals surface area contributed by atoms with E-state index in [1.165, 1.54) is 69.4 Å². The van der Waals surface area contributed by atoms with Gasteiger partial charge in [0.25, 0.3) is 0 Å². The van der Waals surface area contributed by atoms with E-state index in [9.17, 15) is 0 Å². The highest BCUT2D eigenvalue weighted by atomic mass is 79.9. The van der Waals surface area contributed by atoms with Crippen LogP contribution < -0.4 is 10.2 Å². The van der Waals surface area contributed by atoms with Crippen LogP contribution in [0.15, 0.2) is 16.7 Å². The van der Waals surface area contributed by atoms with E-state index in [1.807, 2.05) is 13.2 Å². The van der Waals surface area contributed by atoms with E-state index in [0.29, 0.717) is 5.41 Å². The van der Waals surface area contributed by atoms with Gasteiger partial charge in [0.05, 0.1) is 0 Å². The lowest BCUT2D eigenvalue weighted by Gasteiger charge is -2.45. The Bertz CT molecular complexity index is 473. The maximum absolute atomic E-state index is 4.69. The highest BCUT2D eigenvalue weighted by molar-refractivity contribution is 9.10. The van der Waals surface area contributed by atoms with Gasteiger partial charge in [-0.2, -0.15) is 0 Å². The first kappa shape index (κ1) is 15.3. The lowest BCUT2D eigenvalue weighted by molar-refractivity contribution is 0.144. The topological polar surface area (TPSA) is 28.2 Å². The fraction of sp³-hybridized carbons (Fsp3) is 0.706. The Morgan fingerprint density at radius 2 is 1.90 bits per heavy atom. The largest absolute Gasteiger partial charge is 0.356 e. The Labute approximate surface area is 136 Å². The van der Waals surface area contributed by atoms with Crippen LogP contribution in [0.2, 0.25) is 0 Å². The predicted molar refractivity (Wildman–Crippen MR) is 91.7 cm³/mol. The molecule has 3 rings (SSSR count). The van der Waals surface area contributed by atoms with E-state index in [0.717, 1.165) is 11.0 Å². The van der Waals surface area contributed by atoms with Crippen molar-refractivity contribution in [3.05, 3.63) is 22.3 Å². The average Bonchev–Trinajstić information content (AvgIpc) is 2.50. The average molecular weight is 352 g/mol. The van der Waals surface area contributed by atoms with E-state index in [1.54, 1.807) is 0 Å². The Morgan fingerprint density at radius 1 is 1.19 bits per heavy atom. The quantitative estimate of drug-likeness (QED) is 0.887. The van der Waals surface area contributed by atoms with Gasteiger partial charge in [0, 0.05) is 35.9 Å². The SMILES string of the molecule is CNCc1cc(Br)cnc1N1CCC2(CCCCC2)CC1. The lowest BCUT2D eigenvalue weighted by Crippen LogP contribution is -2.42. The second kappa shape index (κ2) is 6.66. The van der Waals surface area contributed by atoms with Crippen LogP contribution in [-0.4, -0.2) is 25.1 Å². The molecule has 2 aliphatic rings. The highest BCUT2D eigenvalue weighted by Crippen LogP contribution is 2.45. The molecular formula is C17H26BrN3. The fourth-order valence-electron chi connectivity index (χ4n) is 4.07. The minimum atomic E-state index is 0.660. The lowest BCUT2D eigenvalue weighted by atomic mass is 9.68. The van der Waals surface area contributed by atoms with Gasteiger partial charge in [-0.1, -0.05) is 19.3 Å². The van der Waals surface area contributed by atoms with Crippen molar-refractivity contribution in [2.45, 2.75) is 51.5 Å². The van der Waals surface area contributed by atoms with Gasteiger partial charge in [0.15, 0.2) is 0 Å². The summed E-state index contributed by atoms with van der Waals surface area (Å²) in [6.07, 6.45) is 11.9. The molecule has 1 aliphatic heterocycles. The third-order valence-corrected chi connectivity index (χ3v) is 5.75. The van der Waals surface area contributed by atoms with Gasteiger partial charge >= 0.3 is 0 Å². The molecule has 1 saturated carbocycles. The minimum absolute atomic E-state index is 0.660. The van der Waals surface area contributed by atoms with Crippen molar-refractivity contribution in [3.63, 3.8) is 0 Å². The number of nitrogens with one attached hydrogen (secondary N) is 1. The summed E-state index contributed by atoms with van der Waals surface area (Å²) in [5.41, 5.74) is 1.96.